The van der Waals surface area contributed by atoms with E-state index in [1.807, 2.05) is 11.8 Å². The average Bonchev–Trinajstić information content (AvgIpc) is 2.82. The molecule has 0 bridgehead atoms. The summed E-state index contributed by atoms with van der Waals surface area (Å²) in [6.07, 6.45) is 1.16. The van der Waals surface area contributed by atoms with E-state index in [9.17, 15) is 0 Å². The fraction of sp³-hybridized carbons (Fsp3) is 0.379. The molecule has 0 amide bonds. The Kier molecular flexibility index (Phi) is 9.34. The molecule has 0 radical (unpaired) electrons. The highest BCUT2D eigenvalue weighted by Crippen LogP contribution is 2.48. The first-order valence-corrected chi connectivity index (χ1v) is 16.8. The molecule has 0 aliphatic carbocycles. The molecule has 0 N–H and O–H groups in total. The number of benzene rings is 3. The van der Waals surface area contributed by atoms with Crippen LogP contribution in [-0.2, 0) is 9.17 Å². The van der Waals surface area contributed by atoms with Crippen LogP contribution in [0.25, 0.3) is 0 Å². The van der Waals surface area contributed by atoms with Gasteiger partial charge < -0.3 is 4.43 Å². The van der Waals surface area contributed by atoms with Gasteiger partial charge in [-0.2, -0.15) is 0 Å². The maximum Gasteiger partial charge on any atom is 0.193 e. The van der Waals surface area contributed by atoms with E-state index in [1.54, 1.807) is 0 Å². The van der Waals surface area contributed by atoms with Crippen LogP contribution < -0.4 is 0 Å². The summed E-state index contributed by atoms with van der Waals surface area (Å²) in [6, 6.07) is 32.9. The highest BCUT2D eigenvalue weighted by Gasteiger charge is 2.37. The molecule has 3 rings (SSSR count). The summed E-state index contributed by atoms with van der Waals surface area (Å²) >= 11 is 3.98. The molecule has 0 aliphatic rings. The minimum Gasteiger partial charge on any atom is -0.408 e. The van der Waals surface area contributed by atoms with Gasteiger partial charge in [0.15, 0.2) is 8.32 Å². The first kappa shape index (κ1) is 26.1. The van der Waals surface area contributed by atoms with Gasteiger partial charge in [-0.3, -0.25) is 0 Å². The van der Waals surface area contributed by atoms with E-state index < -0.39 is 8.32 Å². The van der Waals surface area contributed by atoms with Gasteiger partial charge in [-0.1, -0.05) is 112 Å². The van der Waals surface area contributed by atoms with E-state index in [0.29, 0.717) is 0 Å². The van der Waals surface area contributed by atoms with Crippen LogP contribution in [0.1, 0.15) is 43.9 Å². The first-order valence-electron chi connectivity index (χ1n) is 11.8. The van der Waals surface area contributed by atoms with Gasteiger partial charge in [0.05, 0.1) is 10.7 Å². The predicted molar refractivity (Wildman–Crippen MR) is 152 cm³/mol. The SMILES string of the molecule is CC(C)(C)[Si](C)(C)OCSCCCSC(c1ccccc1)(c1ccccc1)c1ccccc1. The van der Waals surface area contributed by atoms with E-state index >= 15 is 0 Å². The van der Waals surface area contributed by atoms with Crippen molar-refractivity contribution in [2.24, 2.45) is 0 Å². The van der Waals surface area contributed by atoms with Gasteiger partial charge in [0, 0.05) is 0 Å². The molecule has 4 heteroatoms. The maximum atomic E-state index is 6.34. The lowest BCUT2D eigenvalue weighted by atomic mass is 9.84. The second-order valence-electron chi connectivity index (χ2n) is 9.91. The minimum absolute atomic E-state index is 0.216. The Morgan fingerprint density at radius 2 is 1.09 bits per heavy atom. The predicted octanol–water partition coefficient (Wildman–Crippen LogP) is 8.81. The summed E-state index contributed by atoms with van der Waals surface area (Å²) in [4.78, 5) is 0. The molecule has 0 saturated heterocycles. The van der Waals surface area contributed by atoms with E-state index in [-0.39, 0.29) is 9.79 Å². The standard InChI is InChI=1S/C29H38OS2Si/c1-28(2,3)33(4,5)30-24-31-22-15-23-32-29(25-16-9-6-10-17-25,26-18-11-7-12-19-26)27-20-13-8-14-21-27/h6-14,16-21H,15,22-24H2,1-5H3. The summed E-state index contributed by atoms with van der Waals surface area (Å²) in [5.74, 6) is 3.02. The molecule has 33 heavy (non-hydrogen) atoms. The molecule has 0 aliphatic heterocycles. The van der Waals surface area contributed by atoms with Crippen molar-refractivity contribution in [3.05, 3.63) is 108 Å². The lowest BCUT2D eigenvalue weighted by Crippen LogP contribution is -2.40. The zero-order chi connectivity index (χ0) is 23.8. The van der Waals surface area contributed by atoms with Crippen LogP contribution >= 0.6 is 23.5 Å². The van der Waals surface area contributed by atoms with Gasteiger partial charge in [0.1, 0.15) is 0 Å². The second kappa shape index (κ2) is 11.8. The van der Waals surface area contributed by atoms with Gasteiger partial charge in [0.2, 0.25) is 0 Å². The first-order chi connectivity index (χ1) is 15.8. The highest BCUT2D eigenvalue weighted by atomic mass is 32.2. The van der Waals surface area contributed by atoms with Crippen LogP contribution in [-0.4, -0.2) is 25.8 Å². The normalized spacial score (nSPS) is 12.6. The molecular weight excluding hydrogens is 457 g/mol. The van der Waals surface area contributed by atoms with Crippen LogP contribution in [0.5, 0.6) is 0 Å². The molecule has 0 aromatic heterocycles. The van der Waals surface area contributed by atoms with Crippen molar-refractivity contribution >= 4 is 31.8 Å². The van der Waals surface area contributed by atoms with Crippen molar-refractivity contribution in [3.63, 3.8) is 0 Å². The van der Waals surface area contributed by atoms with E-state index in [1.165, 1.54) is 16.7 Å². The maximum absolute atomic E-state index is 6.34. The topological polar surface area (TPSA) is 9.23 Å². The third kappa shape index (κ3) is 6.57. The fourth-order valence-corrected chi connectivity index (χ4v) is 7.72. The second-order valence-corrected chi connectivity index (χ2v) is 17.1. The Hall–Kier alpha value is -1.46. The van der Waals surface area contributed by atoms with Crippen LogP contribution in [0.15, 0.2) is 91.0 Å². The Morgan fingerprint density at radius 1 is 0.667 bits per heavy atom. The van der Waals surface area contributed by atoms with Gasteiger partial charge >= 0.3 is 0 Å². The van der Waals surface area contributed by atoms with Crippen molar-refractivity contribution in [2.75, 3.05) is 17.4 Å². The summed E-state index contributed by atoms with van der Waals surface area (Å²) in [5, 5.41) is 0.268. The zero-order valence-corrected chi connectivity index (χ0v) is 23.3. The van der Waals surface area contributed by atoms with Gasteiger partial charge in [-0.15, -0.1) is 23.5 Å². The highest BCUT2D eigenvalue weighted by molar-refractivity contribution is 8.01. The largest absolute Gasteiger partial charge is 0.408 e. The van der Waals surface area contributed by atoms with E-state index in [2.05, 4.69) is 137 Å². The molecule has 0 fully saturated rings. The van der Waals surface area contributed by atoms with Crippen LogP contribution in [0, 0.1) is 0 Å². The summed E-state index contributed by atoms with van der Waals surface area (Å²) < 4.78 is 6.13. The molecule has 1 nitrogen and oxygen atoms in total. The zero-order valence-electron chi connectivity index (χ0n) is 20.7. The third-order valence-electron chi connectivity index (χ3n) is 6.60. The van der Waals surface area contributed by atoms with Crippen molar-refractivity contribution in [1.29, 1.82) is 0 Å². The Bertz CT molecular complexity index is 857. The Balaban J connectivity index is 1.73. The lowest BCUT2D eigenvalue weighted by molar-refractivity contribution is 0.354. The number of hydrogen-bond donors (Lipinski definition) is 0. The quantitative estimate of drug-likeness (QED) is 0.114. The Labute approximate surface area is 210 Å². The minimum atomic E-state index is -1.66. The molecular formula is C29H38OS2Si. The van der Waals surface area contributed by atoms with Crippen molar-refractivity contribution in [3.8, 4) is 0 Å². The van der Waals surface area contributed by atoms with Gasteiger partial charge in [-0.05, 0) is 52.7 Å². The molecule has 0 heterocycles. The molecule has 176 valence electrons. The Morgan fingerprint density at radius 3 is 1.48 bits per heavy atom. The smallest absolute Gasteiger partial charge is 0.193 e. The van der Waals surface area contributed by atoms with Crippen molar-refractivity contribution in [2.45, 2.75) is 50.1 Å². The summed E-state index contributed by atoms with van der Waals surface area (Å²) in [6.45, 7) is 11.6. The monoisotopic (exact) mass is 494 g/mol. The molecule has 0 atom stereocenters. The molecule has 3 aromatic carbocycles. The number of rotatable bonds is 11. The lowest BCUT2D eigenvalue weighted by Gasteiger charge is -2.36. The van der Waals surface area contributed by atoms with E-state index in [4.69, 9.17) is 4.43 Å². The molecule has 3 aromatic rings. The number of thioether (sulfide) groups is 2. The molecule has 0 unspecified atom stereocenters. The summed E-state index contributed by atoms with van der Waals surface area (Å²) in [7, 11) is -1.66. The van der Waals surface area contributed by atoms with Crippen LogP contribution in [0.3, 0.4) is 0 Å². The number of hydrogen-bond acceptors (Lipinski definition) is 3. The van der Waals surface area contributed by atoms with Crippen LogP contribution in [0.2, 0.25) is 18.1 Å². The summed E-state index contributed by atoms with van der Waals surface area (Å²) in [5.41, 5.74) is 4.00. The van der Waals surface area contributed by atoms with Gasteiger partial charge in [0.25, 0.3) is 0 Å². The van der Waals surface area contributed by atoms with Gasteiger partial charge in [-0.25, -0.2) is 0 Å². The van der Waals surface area contributed by atoms with E-state index in [0.717, 1.165) is 23.9 Å². The molecule has 0 saturated carbocycles. The average molecular weight is 495 g/mol. The van der Waals surface area contributed by atoms with Crippen LogP contribution in [0.4, 0.5) is 0 Å². The fourth-order valence-electron chi connectivity index (χ4n) is 3.62. The van der Waals surface area contributed by atoms with Crippen molar-refractivity contribution < 1.29 is 4.43 Å². The molecule has 0 spiro atoms. The third-order valence-corrected chi connectivity index (χ3v) is 13.8. The van der Waals surface area contributed by atoms with Crippen molar-refractivity contribution in [1.82, 2.24) is 0 Å².